The number of benzene rings is 2. The number of anilines is 1. The maximum Gasteiger partial charge on any atom is 0.119 e. The lowest BCUT2D eigenvalue weighted by molar-refractivity contribution is 0.415. The smallest absolute Gasteiger partial charge is 0.119 e. The van der Waals surface area contributed by atoms with Crippen LogP contribution in [0.25, 0.3) is 10.8 Å². The third-order valence-electron chi connectivity index (χ3n) is 2.37. The molecular weight excluding hydrogens is 218 g/mol. The van der Waals surface area contributed by atoms with Gasteiger partial charge in [0.25, 0.3) is 0 Å². The van der Waals surface area contributed by atoms with Crippen molar-refractivity contribution in [2.75, 3.05) is 12.4 Å². The Labute approximate surface area is 100 Å². The summed E-state index contributed by atoms with van der Waals surface area (Å²) in [4.78, 5) is 0.766. The first-order valence-corrected chi connectivity index (χ1v) is 5.45. The second kappa shape index (κ2) is 4.49. The lowest BCUT2D eigenvalue weighted by Gasteiger charge is -2.07. The largest absolute Gasteiger partial charge is 0.497 e. The third kappa shape index (κ3) is 2.31. The van der Waals surface area contributed by atoms with Gasteiger partial charge in [0, 0.05) is 5.69 Å². The quantitative estimate of drug-likeness (QED) is 0.798. The van der Waals surface area contributed by atoms with E-state index in [0.29, 0.717) is 0 Å². The van der Waals surface area contributed by atoms with Crippen molar-refractivity contribution in [3.05, 3.63) is 36.4 Å². The molecule has 0 aliphatic heterocycles. The van der Waals surface area contributed by atoms with Gasteiger partial charge in [-0.05, 0) is 42.0 Å². The minimum absolute atomic E-state index is 0.766. The zero-order chi connectivity index (χ0) is 11.5. The Hall–Kier alpha value is -1.61. The molecule has 0 aliphatic carbocycles. The molecule has 0 radical (unpaired) electrons. The molecule has 2 nitrogen and oxygen atoms in total. The second-order valence-corrected chi connectivity index (χ2v) is 4.22. The summed E-state index contributed by atoms with van der Waals surface area (Å²) in [7, 11) is 1.67. The van der Waals surface area contributed by atoms with Crippen molar-refractivity contribution >= 4 is 33.7 Å². The van der Waals surface area contributed by atoms with E-state index in [-0.39, 0.29) is 0 Å². The Morgan fingerprint density at radius 3 is 2.56 bits per heavy atom. The van der Waals surface area contributed by atoms with Crippen LogP contribution in [0.1, 0.15) is 6.92 Å². The molecule has 2 rings (SSSR count). The van der Waals surface area contributed by atoms with Gasteiger partial charge in [-0.15, -0.1) is 0 Å². The number of hydrogen-bond donors (Lipinski definition) is 1. The molecule has 0 saturated carbocycles. The summed E-state index contributed by atoms with van der Waals surface area (Å²) in [6, 6.07) is 12.2. The fraction of sp³-hybridized carbons (Fsp3) is 0.154. The zero-order valence-corrected chi connectivity index (χ0v) is 10.1. The van der Waals surface area contributed by atoms with Crippen LogP contribution in [0, 0.1) is 0 Å². The van der Waals surface area contributed by atoms with Crippen LogP contribution in [0.5, 0.6) is 5.75 Å². The molecule has 16 heavy (non-hydrogen) atoms. The monoisotopic (exact) mass is 231 g/mol. The van der Waals surface area contributed by atoms with E-state index in [2.05, 4.69) is 17.4 Å². The summed E-state index contributed by atoms with van der Waals surface area (Å²) >= 11 is 5.01. The van der Waals surface area contributed by atoms with Crippen LogP contribution in [-0.2, 0) is 0 Å². The van der Waals surface area contributed by atoms with Crippen molar-refractivity contribution in [2.24, 2.45) is 0 Å². The molecule has 0 saturated heterocycles. The highest BCUT2D eigenvalue weighted by Gasteiger charge is 1.98. The topological polar surface area (TPSA) is 21.3 Å². The van der Waals surface area contributed by atoms with Gasteiger partial charge in [-0.25, -0.2) is 0 Å². The van der Waals surface area contributed by atoms with Gasteiger partial charge in [0.15, 0.2) is 0 Å². The number of methoxy groups -OCH3 is 1. The number of thiocarbonyl (C=S) groups is 1. The maximum atomic E-state index is 5.20. The van der Waals surface area contributed by atoms with Gasteiger partial charge < -0.3 is 10.1 Å². The summed E-state index contributed by atoms with van der Waals surface area (Å²) in [5.74, 6) is 0.865. The normalized spacial score (nSPS) is 10.1. The van der Waals surface area contributed by atoms with Crippen molar-refractivity contribution in [1.82, 2.24) is 0 Å². The number of ether oxygens (including phenoxy) is 1. The summed E-state index contributed by atoms with van der Waals surface area (Å²) < 4.78 is 5.20. The van der Waals surface area contributed by atoms with Gasteiger partial charge in [-0.1, -0.05) is 24.4 Å². The fourth-order valence-corrected chi connectivity index (χ4v) is 1.75. The first-order valence-electron chi connectivity index (χ1n) is 5.04. The molecule has 0 heterocycles. The van der Waals surface area contributed by atoms with E-state index >= 15 is 0 Å². The molecule has 2 aromatic rings. The Morgan fingerprint density at radius 1 is 1.12 bits per heavy atom. The minimum atomic E-state index is 0.766. The molecule has 0 bridgehead atoms. The van der Waals surface area contributed by atoms with Crippen molar-refractivity contribution in [3.8, 4) is 5.75 Å². The van der Waals surface area contributed by atoms with Crippen LogP contribution >= 0.6 is 12.2 Å². The summed E-state index contributed by atoms with van der Waals surface area (Å²) in [6.45, 7) is 1.87. The average Bonchev–Trinajstić information content (AvgIpc) is 2.27. The van der Waals surface area contributed by atoms with E-state index in [1.54, 1.807) is 7.11 Å². The van der Waals surface area contributed by atoms with Gasteiger partial charge in [0.05, 0.1) is 12.1 Å². The maximum absolute atomic E-state index is 5.20. The number of nitrogens with one attached hydrogen (secondary N) is 1. The number of fused-ring (bicyclic) bond motifs is 1. The molecule has 3 heteroatoms. The van der Waals surface area contributed by atoms with Gasteiger partial charge in [-0.3, -0.25) is 0 Å². The van der Waals surface area contributed by atoms with E-state index < -0.39 is 0 Å². The molecule has 0 atom stereocenters. The summed E-state index contributed by atoms with van der Waals surface area (Å²) in [5.41, 5.74) is 1.01. The Bertz CT molecular complexity index is 536. The molecule has 2 aromatic carbocycles. The molecule has 0 spiro atoms. The molecule has 0 unspecified atom stereocenters. The highest BCUT2D eigenvalue weighted by Crippen LogP contribution is 2.23. The van der Waals surface area contributed by atoms with Crippen LogP contribution in [0.4, 0.5) is 5.69 Å². The molecule has 0 fully saturated rings. The number of hydrogen-bond acceptors (Lipinski definition) is 2. The fourth-order valence-electron chi connectivity index (χ4n) is 1.63. The lowest BCUT2D eigenvalue weighted by atomic mass is 10.1. The second-order valence-electron chi connectivity index (χ2n) is 3.61. The molecule has 0 aliphatic rings. The highest BCUT2D eigenvalue weighted by atomic mass is 32.1. The van der Waals surface area contributed by atoms with Gasteiger partial charge in [-0.2, -0.15) is 0 Å². The van der Waals surface area contributed by atoms with Crippen molar-refractivity contribution < 1.29 is 4.74 Å². The highest BCUT2D eigenvalue weighted by molar-refractivity contribution is 7.80. The van der Waals surface area contributed by atoms with E-state index in [1.807, 2.05) is 31.2 Å². The molecule has 82 valence electrons. The predicted molar refractivity (Wildman–Crippen MR) is 72.4 cm³/mol. The van der Waals surface area contributed by atoms with E-state index in [4.69, 9.17) is 17.0 Å². The molecule has 0 aromatic heterocycles. The van der Waals surface area contributed by atoms with Gasteiger partial charge in [0.1, 0.15) is 5.75 Å². The van der Waals surface area contributed by atoms with E-state index in [9.17, 15) is 0 Å². The Balaban J connectivity index is 2.46. The lowest BCUT2D eigenvalue weighted by Crippen LogP contribution is -2.02. The van der Waals surface area contributed by atoms with Crippen molar-refractivity contribution in [3.63, 3.8) is 0 Å². The van der Waals surface area contributed by atoms with Crippen LogP contribution in [0.2, 0.25) is 0 Å². The van der Waals surface area contributed by atoms with Crippen LogP contribution in [0.15, 0.2) is 36.4 Å². The van der Waals surface area contributed by atoms with Crippen LogP contribution in [-0.4, -0.2) is 12.1 Å². The van der Waals surface area contributed by atoms with Crippen molar-refractivity contribution in [1.29, 1.82) is 0 Å². The standard InChI is InChI=1S/C13H13NOS/c1-9(16)14-12-5-3-10-4-6-13(15-2)8-11(10)7-12/h3-8H,1-2H3,(H,14,16). The Kier molecular flexibility index (Phi) is 3.06. The first-order chi connectivity index (χ1) is 7.69. The van der Waals surface area contributed by atoms with Crippen LogP contribution < -0.4 is 10.1 Å². The van der Waals surface area contributed by atoms with E-state index in [0.717, 1.165) is 21.8 Å². The van der Waals surface area contributed by atoms with Crippen molar-refractivity contribution in [2.45, 2.75) is 6.92 Å². The third-order valence-corrected chi connectivity index (χ3v) is 2.47. The minimum Gasteiger partial charge on any atom is -0.497 e. The number of rotatable bonds is 2. The van der Waals surface area contributed by atoms with Gasteiger partial charge in [0.2, 0.25) is 0 Å². The summed E-state index contributed by atoms with van der Waals surface area (Å²) in [5, 5.41) is 5.45. The van der Waals surface area contributed by atoms with Crippen LogP contribution in [0.3, 0.4) is 0 Å². The molecular formula is C13H13NOS. The first kappa shape index (κ1) is 10.9. The molecule has 0 amide bonds. The predicted octanol–water partition coefficient (Wildman–Crippen LogP) is 3.61. The Morgan fingerprint density at radius 2 is 1.88 bits per heavy atom. The van der Waals surface area contributed by atoms with E-state index in [1.165, 1.54) is 5.39 Å². The SMILES string of the molecule is COc1ccc2ccc(NC(C)=S)cc2c1. The zero-order valence-electron chi connectivity index (χ0n) is 9.28. The molecule has 1 N–H and O–H groups in total. The van der Waals surface area contributed by atoms with Gasteiger partial charge >= 0.3 is 0 Å². The average molecular weight is 231 g/mol. The summed E-state index contributed by atoms with van der Waals surface area (Å²) in [6.07, 6.45) is 0.